The average molecular weight is 333 g/mol. The lowest BCUT2D eigenvalue weighted by Gasteiger charge is -2.41. The minimum atomic E-state index is -3.17. The van der Waals surface area contributed by atoms with Crippen molar-refractivity contribution in [2.45, 2.75) is 51.1 Å². The molecule has 2 rings (SSSR count). The fourth-order valence-electron chi connectivity index (χ4n) is 3.10. The smallest absolute Gasteiger partial charge is 0.214 e. The Morgan fingerprint density at radius 2 is 1.95 bits per heavy atom. The molecular formula is C15H31N3O3S. The molecule has 1 heterocycles. The monoisotopic (exact) mass is 333 g/mol. The highest BCUT2D eigenvalue weighted by Gasteiger charge is 2.35. The van der Waals surface area contributed by atoms with E-state index in [0.29, 0.717) is 19.5 Å². The van der Waals surface area contributed by atoms with Gasteiger partial charge in [0.05, 0.1) is 19.0 Å². The molecule has 0 radical (unpaired) electrons. The van der Waals surface area contributed by atoms with Crippen LogP contribution in [-0.4, -0.2) is 74.9 Å². The van der Waals surface area contributed by atoms with Crippen LogP contribution in [0.1, 0.15) is 39.0 Å². The van der Waals surface area contributed by atoms with Crippen LogP contribution in [0.2, 0.25) is 0 Å². The topological polar surface area (TPSA) is 75.9 Å². The molecule has 2 N–H and O–H groups in total. The minimum Gasteiger partial charge on any atom is -0.379 e. The molecule has 6 nitrogen and oxygen atoms in total. The Balaban J connectivity index is 1.96. The zero-order valence-electron chi connectivity index (χ0n) is 13.7. The number of nitrogens with two attached hydrogens (primary N) is 1. The standard InChI is InChI=1S/C15H31N3O3S/c1-14(17-8-10-21-11-9-17)13-18(15-5-4-6-15)22(19,20)12-3-2-7-16/h14-15H,2-13,16H2,1H3. The molecule has 0 bridgehead atoms. The van der Waals surface area contributed by atoms with Crippen LogP contribution in [-0.2, 0) is 14.8 Å². The first kappa shape index (κ1) is 18.1. The van der Waals surface area contributed by atoms with E-state index in [0.717, 1.165) is 52.0 Å². The Morgan fingerprint density at radius 1 is 1.27 bits per heavy atom. The van der Waals surface area contributed by atoms with Gasteiger partial charge in [-0.3, -0.25) is 4.90 Å². The molecule has 1 aliphatic carbocycles. The average Bonchev–Trinajstić information content (AvgIpc) is 2.45. The number of sulfonamides is 1. The maximum atomic E-state index is 12.7. The highest BCUT2D eigenvalue weighted by molar-refractivity contribution is 7.89. The van der Waals surface area contributed by atoms with Gasteiger partial charge in [-0.1, -0.05) is 6.42 Å². The summed E-state index contributed by atoms with van der Waals surface area (Å²) in [5.74, 6) is 0.233. The number of hydrogen-bond donors (Lipinski definition) is 1. The normalized spacial score (nSPS) is 22.7. The first-order valence-corrected chi connectivity index (χ1v) is 10.2. The fourth-order valence-corrected chi connectivity index (χ4v) is 5.02. The van der Waals surface area contributed by atoms with E-state index in [4.69, 9.17) is 10.5 Å². The molecule has 130 valence electrons. The lowest BCUT2D eigenvalue weighted by Crippen LogP contribution is -2.53. The molecule has 1 atom stereocenters. The zero-order valence-corrected chi connectivity index (χ0v) is 14.6. The highest BCUT2D eigenvalue weighted by atomic mass is 32.2. The molecule has 2 aliphatic rings. The van der Waals surface area contributed by atoms with Gasteiger partial charge in [0.25, 0.3) is 0 Å². The summed E-state index contributed by atoms with van der Waals surface area (Å²) in [5, 5.41) is 0. The van der Waals surface area contributed by atoms with Crippen molar-refractivity contribution < 1.29 is 13.2 Å². The van der Waals surface area contributed by atoms with Crippen molar-refractivity contribution in [3.63, 3.8) is 0 Å². The Hall–Kier alpha value is -0.210. The summed E-state index contributed by atoms with van der Waals surface area (Å²) in [7, 11) is -3.17. The quantitative estimate of drug-likeness (QED) is 0.626. The predicted octanol–water partition coefficient (Wildman–Crippen LogP) is 0.630. The van der Waals surface area contributed by atoms with Gasteiger partial charge in [-0.05, 0) is 39.2 Å². The summed E-state index contributed by atoms with van der Waals surface area (Å²) in [5.41, 5.74) is 5.48. The van der Waals surface area contributed by atoms with E-state index in [1.807, 2.05) is 0 Å². The van der Waals surface area contributed by atoms with Gasteiger partial charge in [-0.15, -0.1) is 0 Å². The van der Waals surface area contributed by atoms with E-state index >= 15 is 0 Å². The van der Waals surface area contributed by atoms with Gasteiger partial charge >= 0.3 is 0 Å². The zero-order chi connectivity index (χ0) is 16.0. The van der Waals surface area contributed by atoms with Gasteiger partial charge in [0.15, 0.2) is 0 Å². The first-order valence-electron chi connectivity index (χ1n) is 8.56. The van der Waals surface area contributed by atoms with Crippen molar-refractivity contribution >= 4 is 10.0 Å². The lowest BCUT2D eigenvalue weighted by molar-refractivity contribution is 0.0137. The number of ether oxygens (including phenoxy) is 1. The Kier molecular flexibility index (Phi) is 7.08. The maximum absolute atomic E-state index is 12.7. The predicted molar refractivity (Wildman–Crippen MR) is 88.3 cm³/mol. The largest absolute Gasteiger partial charge is 0.379 e. The van der Waals surface area contributed by atoms with E-state index in [1.54, 1.807) is 4.31 Å². The summed E-state index contributed by atoms with van der Waals surface area (Å²) in [6.07, 6.45) is 4.59. The second kappa shape index (κ2) is 8.59. The summed E-state index contributed by atoms with van der Waals surface area (Å²) >= 11 is 0. The third kappa shape index (κ3) is 4.89. The Bertz CT molecular complexity index is 420. The molecule has 2 fully saturated rings. The van der Waals surface area contributed by atoms with Crippen molar-refractivity contribution in [1.82, 2.24) is 9.21 Å². The van der Waals surface area contributed by atoms with Crippen LogP contribution in [0.3, 0.4) is 0 Å². The fraction of sp³-hybridized carbons (Fsp3) is 1.00. The number of rotatable bonds is 9. The second-order valence-corrected chi connectivity index (χ2v) is 8.50. The number of hydrogen-bond acceptors (Lipinski definition) is 5. The summed E-state index contributed by atoms with van der Waals surface area (Å²) in [4.78, 5) is 2.34. The van der Waals surface area contributed by atoms with Crippen molar-refractivity contribution in [3.8, 4) is 0 Å². The molecule has 1 aliphatic heterocycles. The van der Waals surface area contributed by atoms with Gasteiger partial charge in [-0.25, -0.2) is 8.42 Å². The molecule has 0 spiro atoms. The number of nitrogens with zero attached hydrogens (tertiary/aromatic N) is 2. The van der Waals surface area contributed by atoms with Crippen molar-refractivity contribution in [1.29, 1.82) is 0 Å². The van der Waals surface area contributed by atoms with Crippen molar-refractivity contribution in [2.24, 2.45) is 5.73 Å². The van der Waals surface area contributed by atoms with Gasteiger partial charge in [-0.2, -0.15) is 4.31 Å². The molecule has 1 unspecified atom stereocenters. The van der Waals surface area contributed by atoms with Crippen LogP contribution in [0.25, 0.3) is 0 Å². The summed E-state index contributed by atoms with van der Waals surface area (Å²) in [6.45, 7) is 6.58. The third-order valence-corrected chi connectivity index (χ3v) is 6.78. The van der Waals surface area contributed by atoms with E-state index < -0.39 is 10.0 Å². The van der Waals surface area contributed by atoms with Gasteiger partial charge in [0.1, 0.15) is 0 Å². The second-order valence-electron chi connectivity index (χ2n) is 6.46. The molecule has 1 saturated carbocycles. The van der Waals surface area contributed by atoms with Crippen LogP contribution < -0.4 is 5.73 Å². The lowest BCUT2D eigenvalue weighted by atomic mass is 9.93. The number of morpholine rings is 1. The van der Waals surface area contributed by atoms with E-state index in [2.05, 4.69) is 11.8 Å². The third-order valence-electron chi connectivity index (χ3n) is 4.81. The molecule has 0 aromatic rings. The van der Waals surface area contributed by atoms with Gasteiger partial charge in [0.2, 0.25) is 10.0 Å². The molecule has 0 aromatic carbocycles. The highest BCUT2D eigenvalue weighted by Crippen LogP contribution is 2.28. The Labute approximate surface area is 135 Å². The van der Waals surface area contributed by atoms with Crippen LogP contribution in [0.15, 0.2) is 0 Å². The van der Waals surface area contributed by atoms with Crippen LogP contribution in [0.5, 0.6) is 0 Å². The molecule has 0 aromatic heterocycles. The van der Waals surface area contributed by atoms with E-state index in [1.165, 1.54) is 0 Å². The molecule has 22 heavy (non-hydrogen) atoms. The van der Waals surface area contributed by atoms with E-state index in [9.17, 15) is 8.42 Å². The maximum Gasteiger partial charge on any atom is 0.214 e. The minimum absolute atomic E-state index is 0.214. The molecule has 0 amide bonds. The molecule has 7 heteroatoms. The van der Waals surface area contributed by atoms with Crippen LogP contribution in [0, 0.1) is 0 Å². The summed E-state index contributed by atoms with van der Waals surface area (Å²) in [6, 6.07) is 0.458. The van der Waals surface area contributed by atoms with Crippen LogP contribution >= 0.6 is 0 Å². The first-order chi connectivity index (χ1) is 10.5. The van der Waals surface area contributed by atoms with Crippen molar-refractivity contribution in [3.05, 3.63) is 0 Å². The summed E-state index contributed by atoms with van der Waals surface area (Å²) < 4.78 is 32.6. The van der Waals surface area contributed by atoms with Crippen LogP contribution in [0.4, 0.5) is 0 Å². The molecule has 1 saturated heterocycles. The molecular weight excluding hydrogens is 302 g/mol. The Morgan fingerprint density at radius 3 is 2.50 bits per heavy atom. The SMILES string of the molecule is CC(CN(C1CCC1)S(=O)(=O)CCCCN)N1CCOCC1. The van der Waals surface area contributed by atoms with Crippen molar-refractivity contribution in [2.75, 3.05) is 45.1 Å². The van der Waals surface area contributed by atoms with E-state index in [-0.39, 0.29) is 17.8 Å². The van der Waals surface area contributed by atoms with Gasteiger partial charge < -0.3 is 10.5 Å². The number of unbranched alkanes of at least 4 members (excludes halogenated alkanes) is 1. The van der Waals surface area contributed by atoms with Gasteiger partial charge in [0, 0.05) is 31.7 Å².